The summed E-state index contributed by atoms with van der Waals surface area (Å²) in [6.45, 7) is -4.92. The summed E-state index contributed by atoms with van der Waals surface area (Å²) in [6.07, 6.45) is -101. The van der Waals surface area contributed by atoms with Crippen molar-refractivity contribution >= 4 is 11.9 Å². The number of ether oxygens (including phenoxy) is 21. The topological polar surface area (TPSA) is 927 Å². The molecule has 0 radical (unpaired) electrons. The van der Waals surface area contributed by atoms with Crippen LogP contribution in [0.15, 0.2) is 0 Å². The van der Waals surface area contributed by atoms with Crippen LogP contribution in [0.5, 0.6) is 0 Å². The highest BCUT2D eigenvalue weighted by molar-refractivity contribution is 5.76. The first kappa shape index (κ1) is 111. The summed E-state index contributed by atoms with van der Waals surface area (Å²) < 4.78 is 126. The number of aliphatic hydroxyl groups is 30. The van der Waals surface area contributed by atoms with Crippen molar-refractivity contribution < 1.29 is 272 Å². The van der Waals surface area contributed by atoms with Crippen LogP contribution in [0.25, 0.3) is 0 Å². The van der Waals surface area contributed by atoms with Gasteiger partial charge in [0, 0.05) is 36.5 Å². The molecule has 0 aromatic rings. The van der Waals surface area contributed by atoms with Crippen molar-refractivity contribution in [3.63, 3.8) is 0 Å². The quantitative estimate of drug-likeness (QED) is 0.0275. The molecular weight excluding hydrogens is 1830 g/mol. The monoisotopic (exact) mass is 1960 g/mol. The Morgan fingerprint density at radius 2 is 0.575 bits per heavy atom. The van der Waals surface area contributed by atoms with Crippen molar-refractivity contribution in [2.75, 3.05) is 72.7 Å². The fourth-order valence-electron chi connectivity index (χ4n) is 18.2. The fraction of sp³-hybridized carbons (Fsp3) is 0.974. The van der Waals surface area contributed by atoms with Gasteiger partial charge in [-0.15, -0.1) is 0 Å². The van der Waals surface area contributed by atoms with Gasteiger partial charge in [-0.3, -0.25) is 0 Å². The van der Waals surface area contributed by atoms with Gasteiger partial charge in [-0.25, -0.2) is 9.59 Å². The Kier molecular flexibility index (Phi) is 39.1. The zero-order valence-corrected chi connectivity index (χ0v) is 72.8. The van der Waals surface area contributed by atoms with E-state index in [-0.39, 0.29) is 0 Å². The van der Waals surface area contributed by atoms with Gasteiger partial charge in [0.25, 0.3) is 11.6 Å². The summed E-state index contributed by atoms with van der Waals surface area (Å²) in [5, 5.41) is 357. The second-order valence-corrected chi connectivity index (χ2v) is 35.7. The van der Waals surface area contributed by atoms with Gasteiger partial charge in [0.1, 0.15) is 208 Å². The molecular formula is C77H132N2O55. The van der Waals surface area contributed by atoms with Crippen LogP contribution >= 0.6 is 0 Å². The van der Waals surface area contributed by atoms with Gasteiger partial charge in [-0.2, -0.15) is 0 Å². The van der Waals surface area contributed by atoms with Crippen LogP contribution < -0.4 is 11.5 Å². The molecule has 11 saturated heterocycles. The van der Waals surface area contributed by atoms with E-state index in [1.54, 1.807) is 13.8 Å². The highest BCUT2D eigenvalue weighted by atomic mass is 16.8. The molecule has 20 unspecified atom stereocenters. The van der Waals surface area contributed by atoms with Gasteiger partial charge >= 0.3 is 11.9 Å². The lowest BCUT2D eigenvalue weighted by Gasteiger charge is -2.51. The second kappa shape index (κ2) is 47.1. The molecule has 11 fully saturated rings. The van der Waals surface area contributed by atoms with Gasteiger partial charge in [0.05, 0.1) is 127 Å². The summed E-state index contributed by atoms with van der Waals surface area (Å²) in [4.78, 5) is 26.2. The highest BCUT2D eigenvalue weighted by Gasteiger charge is 2.65. The molecule has 11 heterocycles. The summed E-state index contributed by atoms with van der Waals surface area (Å²) in [7, 11) is 0. The molecule has 11 aliphatic heterocycles. The van der Waals surface area contributed by atoms with Crippen LogP contribution in [0.3, 0.4) is 0 Å². The fourth-order valence-corrected chi connectivity index (χ4v) is 18.2. The van der Waals surface area contributed by atoms with Crippen LogP contribution in [0, 0.1) is 23.7 Å². The lowest BCUT2D eigenvalue weighted by atomic mass is 9.88. The van der Waals surface area contributed by atoms with Crippen LogP contribution in [0.4, 0.5) is 0 Å². The van der Waals surface area contributed by atoms with Gasteiger partial charge in [-0.1, -0.05) is 27.7 Å². The van der Waals surface area contributed by atoms with Crippen LogP contribution in [-0.4, -0.2) is 572 Å². The molecule has 11 rings (SSSR count). The molecule has 11 aliphatic rings. The van der Waals surface area contributed by atoms with Crippen molar-refractivity contribution in [1.82, 2.24) is 0 Å². The molecule has 0 saturated carbocycles. The minimum atomic E-state index is -3.18. The van der Waals surface area contributed by atoms with Gasteiger partial charge in [0.15, 0.2) is 50.3 Å². The first-order valence-corrected chi connectivity index (χ1v) is 43.7. The molecule has 57 atom stereocenters. The van der Waals surface area contributed by atoms with Gasteiger partial charge in [-0.05, 0) is 6.92 Å². The molecule has 0 bridgehead atoms. The molecule has 57 nitrogen and oxygen atoms in total. The third kappa shape index (κ3) is 22.8. The minimum Gasteiger partial charge on any atom is -0.477 e. The average molecular weight is 1970 g/mol. The summed E-state index contributed by atoms with van der Waals surface area (Å²) in [6, 6.07) is -3.32. The Labute approximate surface area is 761 Å². The maximum atomic E-state index is 13.1. The number of nitrogens with two attached hydrogens (primary N) is 2. The normalized spacial score (nSPS) is 50.9. The first-order valence-electron chi connectivity index (χ1n) is 43.7. The maximum Gasteiger partial charge on any atom is 0.364 e. The van der Waals surface area contributed by atoms with Crippen molar-refractivity contribution in [3.8, 4) is 0 Å². The third-order valence-electron chi connectivity index (χ3n) is 26.8. The average Bonchev–Trinajstić information content (AvgIpc) is 0.755. The molecule has 0 aromatic heterocycles. The van der Waals surface area contributed by atoms with E-state index in [1.807, 2.05) is 0 Å². The Morgan fingerprint density at radius 1 is 0.306 bits per heavy atom. The number of hydrogen-bond acceptors (Lipinski definition) is 55. The largest absolute Gasteiger partial charge is 0.477 e. The van der Waals surface area contributed by atoms with Crippen molar-refractivity contribution in [2.45, 2.75) is 372 Å². The molecule has 780 valence electrons. The van der Waals surface area contributed by atoms with E-state index in [2.05, 4.69) is 0 Å². The molecule has 0 amide bonds. The van der Waals surface area contributed by atoms with Crippen LogP contribution in [0.2, 0.25) is 0 Å². The molecule has 57 heteroatoms. The summed E-state index contributed by atoms with van der Waals surface area (Å²) in [5.41, 5.74) is 12.0. The van der Waals surface area contributed by atoms with Crippen molar-refractivity contribution in [1.29, 1.82) is 0 Å². The van der Waals surface area contributed by atoms with Crippen LogP contribution in [0.1, 0.15) is 47.5 Å². The van der Waals surface area contributed by atoms with E-state index in [0.29, 0.717) is 0 Å². The molecule has 36 N–H and O–H groups in total. The van der Waals surface area contributed by atoms with Crippen molar-refractivity contribution in [2.24, 2.45) is 35.1 Å². The van der Waals surface area contributed by atoms with E-state index < -0.39 is 445 Å². The number of aliphatic hydroxyl groups excluding tert-OH is 30. The number of carbonyl (C=O) groups is 2. The third-order valence-corrected chi connectivity index (χ3v) is 26.8. The second-order valence-electron chi connectivity index (χ2n) is 35.7. The standard InChI is InChI=1S/C77H132N2O55/c1-19-23(5)115-32(14-86)55(39(19)94)124-66-20(2)40(95)56(33(15-87)120-66)125-69-52(107)61(128-73-65(51(106)46(101)29(11-83)119-73)130-68-22(4)42(97)58(35(17-89)122-68)127-71-54(109)63(48(103)31(13-85)117-71)134-77(75(112)113)7-25(91)38(79)60(132-77)44(99)27(93)9-81)49(104)36(123-69)18-114-72-64(50(105)45(100)28(10-82)118-72)129-67-21(3)41(96)57(34(16-88)121-67)126-70-53(108)62(47(102)30(12-84)116-70)133-76(74(110)111)6-24(90)37(78)59(131-76)43(98)26(92)8-80/h19-73,80-109H,6-18,78-79H2,1-5H3,(H,110,111)(H,112,113)/t19-,20+,21?,22+,23+,24-,25-,26-,27-,28?,29-,30?,31?,32?,33?,34+,35?,36?,37-,38-,39?,40?,41?,42?,43-,44-,45-,46-,47+,48+,49-,50?,51?,52-,53+,54+,55-,56-,57-,58-,59?,60?,61?,62?,63?,64-,65?,66+,67+,68+,69+,70+,71+,72+,73-,76+,77+/m1/s1. The van der Waals surface area contributed by atoms with Gasteiger partial charge < -0.3 is 274 Å². The van der Waals surface area contributed by atoms with Crippen molar-refractivity contribution in [3.05, 3.63) is 0 Å². The Bertz CT molecular complexity index is 3610. The number of carboxylic acids is 2. The Balaban J connectivity index is 0.849. The Morgan fingerprint density at radius 3 is 0.918 bits per heavy atom. The summed E-state index contributed by atoms with van der Waals surface area (Å²) >= 11 is 0. The van der Waals surface area contributed by atoms with E-state index in [4.69, 9.17) is 111 Å². The number of rotatable bonds is 37. The molecule has 0 aliphatic carbocycles. The smallest absolute Gasteiger partial charge is 0.364 e. The zero-order chi connectivity index (χ0) is 99.0. The SMILES string of the molecule is CC1C(O)[C@H](O[C@@H]2OC(CO)[C@H](O)C(O[C@]3(C(=O)O)C[C@@H](O)[C@@H](N)C([C@H](O)[C@H](O)CO)O3)[C@@H]2O)[C@H](CO)O[C@H]1O[C@@H]1C(O)[C@H](O)C(CO)O[C@@H]1OCC1O[C@@H](O[C@@H]2C(CO)O[C@@H](O[C@@H]3C(CO)O[C@@H](C)[C@@H](C)C3O)[C@@H](C)C2O)[C@H](O)C(O[C@H]2O[C@H](CO)[C@@H](O)C(O)C2O[C@@H]2OC(CO)[C@@H](O[C@@H]3OC(CO)[C@H](O)C(O[C@]4(C(=O)O)C[C@@H](O)[C@@H](N)C([C@H](O)[C@H](O)CO)O4)[C@@H]3O)C(O)[C@@H]2C)[C@@H]1O. The highest BCUT2D eigenvalue weighted by Crippen LogP contribution is 2.46. The number of aliphatic carboxylic acids is 2. The molecule has 0 spiro atoms. The predicted molar refractivity (Wildman–Crippen MR) is 417 cm³/mol. The van der Waals surface area contributed by atoms with E-state index in [0.717, 1.165) is 0 Å². The van der Waals surface area contributed by atoms with E-state index >= 15 is 0 Å². The lowest BCUT2D eigenvalue weighted by Crippen LogP contribution is -2.70. The number of carboxylic acid groups (broad SMARTS) is 2. The van der Waals surface area contributed by atoms with Gasteiger partial charge in [0.2, 0.25) is 0 Å². The Hall–Kier alpha value is -3.18. The lowest BCUT2D eigenvalue weighted by molar-refractivity contribution is -0.404. The minimum absolute atomic E-state index is 0.588. The summed E-state index contributed by atoms with van der Waals surface area (Å²) in [5.74, 6) is -15.4. The van der Waals surface area contributed by atoms with E-state index in [9.17, 15) is 173 Å². The van der Waals surface area contributed by atoms with Crippen LogP contribution in [-0.2, 0) is 109 Å². The zero-order valence-electron chi connectivity index (χ0n) is 72.8. The van der Waals surface area contributed by atoms with E-state index in [1.165, 1.54) is 20.8 Å². The number of hydrogen-bond donors (Lipinski definition) is 34. The first-order chi connectivity index (χ1) is 63.2. The molecule has 0 aromatic carbocycles. The molecule has 134 heavy (non-hydrogen) atoms. The maximum absolute atomic E-state index is 13.1. The predicted octanol–water partition coefficient (Wildman–Crippen LogP) is -20.5.